The van der Waals surface area contributed by atoms with Gasteiger partial charge in [0.2, 0.25) is 0 Å². The predicted molar refractivity (Wildman–Crippen MR) is 39.1 cm³/mol. The molecule has 0 aliphatic carbocycles. The van der Waals surface area contributed by atoms with E-state index in [1.807, 2.05) is 19.3 Å². The molecule has 0 saturated heterocycles. The summed E-state index contributed by atoms with van der Waals surface area (Å²) < 4.78 is 0. The van der Waals surface area contributed by atoms with Crippen LogP contribution in [0.25, 0.3) is 0 Å². The molecule has 0 radical (unpaired) electrons. The molecule has 0 aromatic rings. The summed E-state index contributed by atoms with van der Waals surface area (Å²) in [5, 5.41) is 11.7. The monoisotopic (exact) mass is 144 g/mol. The van der Waals surface area contributed by atoms with Crippen molar-refractivity contribution in [2.24, 2.45) is 11.0 Å². The van der Waals surface area contributed by atoms with Crippen molar-refractivity contribution in [2.45, 2.75) is 20.8 Å². The Balaban J connectivity index is 3.80. The molecule has 4 heteroatoms. The molecule has 0 aliphatic heterocycles. The number of rotatable bonds is 2. The molecule has 0 saturated carbocycles. The van der Waals surface area contributed by atoms with Crippen molar-refractivity contribution in [1.29, 1.82) is 0 Å². The Morgan fingerprint density at radius 1 is 1.60 bits per heavy atom. The number of nitrogens with one attached hydrogen (secondary N) is 1. The highest BCUT2D eigenvalue weighted by Crippen LogP contribution is 1.93. The van der Waals surface area contributed by atoms with Gasteiger partial charge >= 0.3 is 6.09 Å². The molecule has 4 nitrogen and oxygen atoms in total. The van der Waals surface area contributed by atoms with E-state index >= 15 is 0 Å². The average molecular weight is 144 g/mol. The number of nitrogens with zero attached hydrogens (tertiary/aromatic N) is 1. The first-order valence-corrected chi connectivity index (χ1v) is 3.07. The Kier molecular flexibility index (Phi) is 3.46. The van der Waals surface area contributed by atoms with Gasteiger partial charge in [-0.1, -0.05) is 13.8 Å². The third kappa shape index (κ3) is 3.88. The van der Waals surface area contributed by atoms with Gasteiger partial charge in [-0.3, -0.25) is 0 Å². The van der Waals surface area contributed by atoms with E-state index in [1.165, 1.54) is 0 Å². The third-order valence-electron chi connectivity index (χ3n) is 1.16. The second-order valence-electron chi connectivity index (χ2n) is 2.32. The van der Waals surface area contributed by atoms with Crippen LogP contribution in [-0.4, -0.2) is 16.9 Å². The van der Waals surface area contributed by atoms with Crippen molar-refractivity contribution in [2.75, 3.05) is 0 Å². The van der Waals surface area contributed by atoms with Gasteiger partial charge in [-0.25, -0.2) is 10.2 Å². The molecule has 0 unspecified atom stereocenters. The molecule has 0 rings (SSSR count). The summed E-state index contributed by atoms with van der Waals surface area (Å²) in [6, 6.07) is 0. The summed E-state index contributed by atoms with van der Waals surface area (Å²) in [4.78, 5) is 9.91. The van der Waals surface area contributed by atoms with Crippen molar-refractivity contribution >= 4 is 11.8 Å². The smallest absolute Gasteiger partial charge is 0.425 e. The first-order chi connectivity index (χ1) is 4.54. The van der Waals surface area contributed by atoms with Crippen LogP contribution >= 0.6 is 0 Å². The summed E-state index contributed by atoms with van der Waals surface area (Å²) in [6.07, 6.45) is -1.12. The van der Waals surface area contributed by atoms with E-state index in [2.05, 4.69) is 5.10 Å². The molecule has 0 aliphatic rings. The number of amides is 1. The molecule has 1 amide bonds. The molecule has 2 N–H and O–H groups in total. The van der Waals surface area contributed by atoms with E-state index in [-0.39, 0.29) is 5.92 Å². The zero-order valence-corrected chi connectivity index (χ0v) is 6.38. The molecule has 0 fully saturated rings. The van der Waals surface area contributed by atoms with Crippen molar-refractivity contribution in [1.82, 2.24) is 5.43 Å². The van der Waals surface area contributed by atoms with Crippen LogP contribution in [0, 0.1) is 5.92 Å². The molecule has 0 heterocycles. The minimum atomic E-state index is -1.12. The number of hydrazone groups is 1. The summed E-state index contributed by atoms with van der Waals surface area (Å²) in [5.74, 6) is 0.284. The first kappa shape index (κ1) is 8.94. The number of hydrogen-bond acceptors (Lipinski definition) is 2. The summed E-state index contributed by atoms with van der Waals surface area (Å²) in [6.45, 7) is 5.67. The topological polar surface area (TPSA) is 61.7 Å². The number of carbonyl (C=O) groups is 1. The maximum Gasteiger partial charge on any atom is 0.425 e. The number of carboxylic acid groups (broad SMARTS) is 1. The van der Waals surface area contributed by atoms with E-state index in [0.29, 0.717) is 0 Å². The lowest BCUT2D eigenvalue weighted by Gasteiger charge is -2.01. The van der Waals surface area contributed by atoms with Crippen molar-refractivity contribution in [3.05, 3.63) is 0 Å². The zero-order valence-electron chi connectivity index (χ0n) is 6.38. The van der Waals surface area contributed by atoms with Gasteiger partial charge in [0.05, 0.1) is 0 Å². The van der Waals surface area contributed by atoms with Gasteiger partial charge in [0.15, 0.2) is 0 Å². The van der Waals surface area contributed by atoms with Crippen molar-refractivity contribution in [3.63, 3.8) is 0 Å². The molecule has 0 bridgehead atoms. The maximum atomic E-state index is 9.91. The molecular formula is C6H12N2O2. The van der Waals surface area contributed by atoms with Gasteiger partial charge in [-0.2, -0.15) is 5.10 Å². The quantitative estimate of drug-likeness (QED) is 0.453. The Morgan fingerprint density at radius 2 is 2.10 bits per heavy atom. The Bertz CT molecular complexity index is 152. The van der Waals surface area contributed by atoms with Crippen LogP contribution in [0.4, 0.5) is 4.79 Å². The fourth-order valence-electron chi connectivity index (χ4n) is 0.265. The normalized spacial score (nSPS) is 11.8. The van der Waals surface area contributed by atoms with E-state index in [1.54, 1.807) is 6.92 Å². The van der Waals surface area contributed by atoms with Gasteiger partial charge in [0, 0.05) is 5.71 Å². The highest BCUT2D eigenvalue weighted by Gasteiger charge is 1.97. The van der Waals surface area contributed by atoms with Crippen LogP contribution in [0.1, 0.15) is 20.8 Å². The third-order valence-corrected chi connectivity index (χ3v) is 1.16. The van der Waals surface area contributed by atoms with Gasteiger partial charge in [0.1, 0.15) is 0 Å². The molecule has 10 heavy (non-hydrogen) atoms. The van der Waals surface area contributed by atoms with Crippen LogP contribution in [0.5, 0.6) is 0 Å². The lowest BCUT2D eigenvalue weighted by atomic mass is 10.1. The van der Waals surface area contributed by atoms with Crippen LogP contribution in [-0.2, 0) is 0 Å². The van der Waals surface area contributed by atoms with Gasteiger partial charge in [-0.15, -0.1) is 0 Å². The lowest BCUT2D eigenvalue weighted by molar-refractivity contribution is 0.195. The Labute approximate surface area is 59.9 Å². The van der Waals surface area contributed by atoms with Crippen LogP contribution < -0.4 is 5.43 Å². The van der Waals surface area contributed by atoms with Crippen molar-refractivity contribution in [3.8, 4) is 0 Å². The van der Waals surface area contributed by atoms with Gasteiger partial charge in [-0.05, 0) is 12.8 Å². The standard InChI is InChI=1S/C6H12N2O2/c1-4(2)5(3)7-8-6(9)10/h4,8H,1-3H3,(H,9,10)/b7-5-. The second kappa shape index (κ2) is 3.87. The minimum absolute atomic E-state index is 0.284. The van der Waals surface area contributed by atoms with E-state index in [9.17, 15) is 4.79 Å². The Hall–Kier alpha value is -1.06. The summed E-state index contributed by atoms with van der Waals surface area (Å²) in [5.41, 5.74) is 2.71. The molecule has 58 valence electrons. The second-order valence-corrected chi connectivity index (χ2v) is 2.32. The fraction of sp³-hybridized carbons (Fsp3) is 0.667. The summed E-state index contributed by atoms with van der Waals surface area (Å²) in [7, 11) is 0. The van der Waals surface area contributed by atoms with E-state index < -0.39 is 6.09 Å². The zero-order chi connectivity index (χ0) is 8.15. The predicted octanol–water partition coefficient (Wildman–Crippen LogP) is 1.29. The molecule has 0 aromatic carbocycles. The fourth-order valence-corrected chi connectivity index (χ4v) is 0.265. The molecule has 0 spiro atoms. The van der Waals surface area contributed by atoms with Gasteiger partial charge in [0.25, 0.3) is 0 Å². The van der Waals surface area contributed by atoms with E-state index in [0.717, 1.165) is 5.71 Å². The lowest BCUT2D eigenvalue weighted by Crippen LogP contribution is -2.17. The van der Waals surface area contributed by atoms with Crippen LogP contribution in [0.3, 0.4) is 0 Å². The highest BCUT2D eigenvalue weighted by atomic mass is 16.4. The highest BCUT2D eigenvalue weighted by molar-refractivity contribution is 5.84. The van der Waals surface area contributed by atoms with Crippen molar-refractivity contribution < 1.29 is 9.90 Å². The average Bonchev–Trinajstić information content (AvgIpc) is 1.82. The molecule has 0 aromatic heterocycles. The van der Waals surface area contributed by atoms with Crippen LogP contribution in [0.15, 0.2) is 5.10 Å². The number of hydrogen-bond donors (Lipinski definition) is 2. The van der Waals surface area contributed by atoms with Crippen LogP contribution in [0.2, 0.25) is 0 Å². The largest absolute Gasteiger partial charge is 0.464 e. The SMILES string of the molecule is C/C(=N/NC(=O)O)C(C)C. The first-order valence-electron chi connectivity index (χ1n) is 3.07. The van der Waals surface area contributed by atoms with Gasteiger partial charge < -0.3 is 5.11 Å². The maximum absolute atomic E-state index is 9.91. The Morgan fingerprint density at radius 3 is 2.40 bits per heavy atom. The minimum Gasteiger partial charge on any atom is -0.464 e. The molecule has 0 atom stereocenters. The molecular weight excluding hydrogens is 132 g/mol. The van der Waals surface area contributed by atoms with E-state index in [4.69, 9.17) is 5.11 Å². The summed E-state index contributed by atoms with van der Waals surface area (Å²) >= 11 is 0.